The van der Waals surface area contributed by atoms with Crippen LogP contribution in [0.15, 0.2) is 24.5 Å². The Balaban J connectivity index is 1.52. The van der Waals surface area contributed by atoms with Gasteiger partial charge < -0.3 is 15.0 Å². The van der Waals surface area contributed by atoms with Gasteiger partial charge in [-0.1, -0.05) is 0 Å². The van der Waals surface area contributed by atoms with Gasteiger partial charge >= 0.3 is 5.97 Å². The van der Waals surface area contributed by atoms with E-state index in [4.69, 9.17) is 10.00 Å². The van der Waals surface area contributed by atoms with Crippen LogP contribution < -0.4 is 10.2 Å². The maximum absolute atomic E-state index is 12.5. The first-order valence-electron chi connectivity index (χ1n) is 9.11. The normalized spacial score (nSPS) is 13.5. The predicted molar refractivity (Wildman–Crippen MR) is 101 cm³/mol. The molecule has 1 fully saturated rings. The van der Waals surface area contributed by atoms with E-state index in [2.05, 4.69) is 21.5 Å². The second-order valence-corrected chi connectivity index (χ2v) is 6.48. The molecule has 0 aliphatic carbocycles. The molecule has 1 saturated heterocycles. The summed E-state index contributed by atoms with van der Waals surface area (Å²) in [5, 5.41) is 15.8. The number of pyridine rings is 1. The molecule has 146 valence electrons. The Labute approximate surface area is 162 Å². The van der Waals surface area contributed by atoms with Gasteiger partial charge in [0.2, 0.25) is 0 Å². The number of anilines is 1. The number of hydrogen-bond donors (Lipinski definition) is 1. The molecule has 0 saturated carbocycles. The van der Waals surface area contributed by atoms with Gasteiger partial charge in [0.05, 0.1) is 49.0 Å². The van der Waals surface area contributed by atoms with Crippen molar-refractivity contribution in [1.29, 1.82) is 5.26 Å². The van der Waals surface area contributed by atoms with E-state index in [9.17, 15) is 9.59 Å². The van der Waals surface area contributed by atoms with Gasteiger partial charge in [-0.25, -0.2) is 9.78 Å². The number of aromatic nitrogens is 3. The maximum Gasteiger partial charge on any atom is 0.339 e. The van der Waals surface area contributed by atoms with E-state index in [0.29, 0.717) is 43.8 Å². The van der Waals surface area contributed by atoms with Crippen molar-refractivity contribution >= 4 is 17.7 Å². The Hall–Kier alpha value is -3.41. The van der Waals surface area contributed by atoms with Crippen LogP contribution in [0, 0.1) is 18.3 Å². The Morgan fingerprint density at radius 1 is 1.36 bits per heavy atom. The minimum absolute atomic E-state index is 0.0147. The minimum Gasteiger partial charge on any atom is -0.462 e. The number of amides is 1. The van der Waals surface area contributed by atoms with Crippen LogP contribution in [-0.2, 0) is 11.3 Å². The first kappa shape index (κ1) is 19.4. The molecule has 0 bridgehead atoms. The second kappa shape index (κ2) is 8.52. The van der Waals surface area contributed by atoms with Crippen molar-refractivity contribution in [1.82, 2.24) is 20.1 Å². The van der Waals surface area contributed by atoms with Crippen molar-refractivity contribution in [2.24, 2.45) is 0 Å². The summed E-state index contributed by atoms with van der Waals surface area (Å²) < 4.78 is 6.61. The fourth-order valence-electron chi connectivity index (χ4n) is 2.98. The summed E-state index contributed by atoms with van der Waals surface area (Å²) in [5.74, 6) is 0.191. The second-order valence-electron chi connectivity index (χ2n) is 6.48. The molecule has 0 aromatic carbocycles. The summed E-state index contributed by atoms with van der Waals surface area (Å²) in [6.07, 6.45) is 3.38. The molecule has 1 aliphatic rings. The fourth-order valence-corrected chi connectivity index (χ4v) is 2.98. The van der Waals surface area contributed by atoms with Gasteiger partial charge in [0.1, 0.15) is 5.82 Å². The van der Waals surface area contributed by atoms with Crippen molar-refractivity contribution in [3.05, 3.63) is 41.3 Å². The highest BCUT2D eigenvalue weighted by Gasteiger charge is 2.30. The first-order valence-corrected chi connectivity index (χ1v) is 9.11. The summed E-state index contributed by atoms with van der Waals surface area (Å²) in [6.45, 7) is 5.65. The van der Waals surface area contributed by atoms with Crippen LogP contribution in [0.5, 0.6) is 0 Å². The zero-order valence-electron chi connectivity index (χ0n) is 15.9. The summed E-state index contributed by atoms with van der Waals surface area (Å²) in [6, 6.07) is 5.54. The Kier molecular flexibility index (Phi) is 5.89. The lowest BCUT2D eigenvalue weighted by Crippen LogP contribution is -2.59. The zero-order valence-corrected chi connectivity index (χ0v) is 15.9. The van der Waals surface area contributed by atoms with Gasteiger partial charge in [0.25, 0.3) is 5.91 Å². The highest BCUT2D eigenvalue weighted by Crippen LogP contribution is 2.19. The number of nitrogens with zero attached hydrogens (tertiary/aromatic N) is 5. The number of carbonyl (C=O) groups excluding carboxylic acids is 2. The largest absolute Gasteiger partial charge is 0.462 e. The molecule has 28 heavy (non-hydrogen) atoms. The molecule has 0 atom stereocenters. The highest BCUT2D eigenvalue weighted by atomic mass is 16.5. The summed E-state index contributed by atoms with van der Waals surface area (Å²) in [4.78, 5) is 30.4. The quantitative estimate of drug-likeness (QED) is 0.718. The van der Waals surface area contributed by atoms with Crippen LogP contribution in [0.25, 0.3) is 0 Å². The average molecular weight is 382 g/mol. The van der Waals surface area contributed by atoms with Crippen LogP contribution in [-0.4, -0.2) is 52.4 Å². The maximum atomic E-state index is 12.5. The van der Waals surface area contributed by atoms with E-state index in [-0.39, 0.29) is 17.9 Å². The Morgan fingerprint density at radius 2 is 2.14 bits per heavy atom. The standard InChI is InChI=1S/C19H22N6O3/c1-3-28-19(27)14-5-6-17(21-9-14)24-11-15(12-24)23-18(26)16-10-22-25(13(16)2)8-4-7-20/h5-6,9-10,15H,3-4,8,11-12H2,1-2H3,(H,23,26). The lowest BCUT2D eigenvalue weighted by Gasteiger charge is -2.40. The molecule has 1 aliphatic heterocycles. The SMILES string of the molecule is CCOC(=O)c1ccc(N2CC(NC(=O)c3cnn(CCC#N)c3C)C2)nc1. The zero-order chi connectivity index (χ0) is 20.1. The predicted octanol–water partition coefficient (Wildman–Crippen LogP) is 1.30. The number of esters is 1. The van der Waals surface area contributed by atoms with Crippen molar-refractivity contribution in [3.8, 4) is 6.07 Å². The molecule has 9 nitrogen and oxygen atoms in total. The molecule has 0 spiro atoms. The molecular weight excluding hydrogens is 360 g/mol. The van der Waals surface area contributed by atoms with Crippen LogP contribution >= 0.6 is 0 Å². The lowest BCUT2D eigenvalue weighted by molar-refractivity contribution is 0.0525. The number of carbonyl (C=O) groups is 2. The van der Waals surface area contributed by atoms with E-state index in [1.54, 1.807) is 23.7 Å². The third-order valence-corrected chi connectivity index (χ3v) is 4.58. The van der Waals surface area contributed by atoms with E-state index < -0.39 is 0 Å². The van der Waals surface area contributed by atoms with E-state index in [0.717, 1.165) is 11.5 Å². The van der Waals surface area contributed by atoms with E-state index in [1.807, 2.05) is 11.8 Å². The molecule has 2 aromatic rings. The number of rotatable bonds is 7. The lowest BCUT2D eigenvalue weighted by atomic mass is 10.1. The van der Waals surface area contributed by atoms with Gasteiger partial charge in [-0.05, 0) is 26.0 Å². The van der Waals surface area contributed by atoms with Gasteiger partial charge in [-0.3, -0.25) is 9.48 Å². The molecule has 3 rings (SSSR count). The molecule has 3 heterocycles. The van der Waals surface area contributed by atoms with Crippen LogP contribution in [0.3, 0.4) is 0 Å². The Bertz CT molecular complexity index is 893. The summed E-state index contributed by atoms with van der Waals surface area (Å²) >= 11 is 0. The van der Waals surface area contributed by atoms with Crippen molar-refractivity contribution < 1.29 is 14.3 Å². The molecule has 9 heteroatoms. The Morgan fingerprint density at radius 3 is 2.79 bits per heavy atom. The number of ether oxygens (including phenoxy) is 1. The smallest absolute Gasteiger partial charge is 0.339 e. The van der Waals surface area contributed by atoms with Crippen molar-refractivity contribution in [2.45, 2.75) is 32.9 Å². The van der Waals surface area contributed by atoms with E-state index >= 15 is 0 Å². The van der Waals surface area contributed by atoms with Crippen molar-refractivity contribution in [2.75, 3.05) is 24.6 Å². The summed E-state index contributed by atoms with van der Waals surface area (Å²) in [7, 11) is 0. The molecule has 0 radical (unpaired) electrons. The molecular formula is C19H22N6O3. The number of aryl methyl sites for hydroxylation is 1. The molecule has 1 amide bonds. The third-order valence-electron chi connectivity index (χ3n) is 4.58. The number of nitrogens with one attached hydrogen (secondary N) is 1. The molecule has 0 unspecified atom stereocenters. The molecule has 2 aromatic heterocycles. The fraction of sp³-hybridized carbons (Fsp3) is 0.421. The minimum atomic E-state index is -0.388. The van der Waals surface area contributed by atoms with Crippen molar-refractivity contribution in [3.63, 3.8) is 0 Å². The molecule has 1 N–H and O–H groups in total. The van der Waals surface area contributed by atoms with Gasteiger partial charge in [-0.15, -0.1) is 0 Å². The van der Waals surface area contributed by atoms with Crippen LogP contribution in [0.2, 0.25) is 0 Å². The first-order chi connectivity index (χ1) is 13.5. The third kappa shape index (κ3) is 4.11. The average Bonchev–Trinajstić information content (AvgIpc) is 3.03. The van der Waals surface area contributed by atoms with Gasteiger partial charge in [0, 0.05) is 25.0 Å². The van der Waals surface area contributed by atoms with E-state index in [1.165, 1.54) is 12.4 Å². The van der Waals surface area contributed by atoms with Crippen LogP contribution in [0.4, 0.5) is 5.82 Å². The monoisotopic (exact) mass is 382 g/mol. The van der Waals surface area contributed by atoms with Crippen LogP contribution in [0.1, 0.15) is 39.8 Å². The number of hydrogen-bond acceptors (Lipinski definition) is 7. The number of nitriles is 1. The van der Waals surface area contributed by atoms with Gasteiger partial charge in [-0.2, -0.15) is 10.4 Å². The summed E-state index contributed by atoms with van der Waals surface area (Å²) in [5.41, 5.74) is 1.69. The highest BCUT2D eigenvalue weighted by molar-refractivity contribution is 5.95. The topological polar surface area (TPSA) is 113 Å². The van der Waals surface area contributed by atoms with Gasteiger partial charge in [0.15, 0.2) is 0 Å².